The van der Waals surface area contributed by atoms with Crippen LogP contribution in [0, 0.1) is 0 Å². The van der Waals surface area contributed by atoms with E-state index in [1.807, 2.05) is 13.8 Å². The minimum atomic E-state index is -3.00. The maximum absolute atomic E-state index is 11.5. The Morgan fingerprint density at radius 1 is 1.25 bits per heavy atom. The number of nitrogens with two attached hydrogens (primary N) is 1. The average Bonchev–Trinajstić information content (AvgIpc) is 2.24. The quantitative estimate of drug-likeness (QED) is 0.661. The SMILES string of the molecule is CCC(N)(CC)COCCS(=O)(=O)C(C)C. The van der Waals surface area contributed by atoms with E-state index in [1.165, 1.54) is 0 Å². The van der Waals surface area contributed by atoms with E-state index < -0.39 is 9.84 Å². The fourth-order valence-corrected chi connectivity index (χ4v) is 1.96. The summed E-state index contributed by atoms with van der Waals surface area (Å²) < 4.78 is 28.3. The smallest absolute Gasteiger partial charge is 0.154 e. The zero-order valence-electron chi connectivity index (χ0n) is 10.8. The first-order valence-electron chi connectivity index (χ1n) is 5.85. The molecule has 0 saturated heterocycles. The molecule has 0 aliphatic rings. The van der Waals surface area contributed by atoms with E-state index in [4.69, 9.17) is 10.5 Å². The van der Waals surface area contributed by atoms with E-state index in [-0.39, 0.29) is 23.1 Å². The molecule has 0 radical (unpaired) electrons. The van der Waals surface area contributed by atoms with Crippen molar-refractivity contribution in [1.29, 1.82) is 0 Å². The molecule has 0 atom stereocenters. The highest BCUT2D eigenvalue weighted by Crippen LogP contribution is 2.11. The van der Waals surface area contributed by atoms with Gasteiger partial charge in [-0.1, -0.05) is 13.8 Å². The molecule has 0 aromatic rings. The molecule has 16 heavy (non-hydrogen) atoms. The first-order chi connectivity index (χ1) is 7.27. The molecule has 0 spiro atoms. The molecule has 0 bridgehead atoms. The Balaban J connectivity index is 3.94. The third-order valence-electron chi connectivity index (χ3n) is 3.03. The van der Waals surface area contributed by atoms with Gasteiger partial charge in [0.15, 0.2) is 9.84 Å². The number of hydrogen-bond donors (Lipinski definition) is 1. The van der Waals surface area contributed by atoms with Crippen molar-refractivity contribution in [3.05, 3.63) is 0 Å². The second-order valence-electron chi connectivity index (χ2n) is 4.54. The lowest BCUT2D eigenvalue weighted by Crippen LogP contribution is -2.43. The van der Waals surface area contributed by atoms with Crippen LogP contribution in [0.5, 0.6) is 0 Å². The van der Waals surface area contributed by atoms with Crippen LogP contribution in [-0.4, -0.2) is 38.2 Å². The molecule has 0 aliphatic carbocycles. The van der Waals surface area contributed by atoms with Gasteiger partial charge in [-0.15, -0.1) is 0 Å². The minimum Gasteiger partial charge on any atom is -0.378 e. The van der Waals surface area contributed by atoms with E-state index >= 15 is 0 Å². The lowest BCUT2D eigenvalue weighted by atomic mass is 9.96. The normalized spacial score (nSPS) is 13.4. The molecule has 0 aliphatic heterocycles. The molecule has 2 N–H and O–H groups in total. The van der Waals surface area contributed by atoms with Gasteiger partial charge in [0.2, 0.25) is 0 Å². The molecule has 4 nitrogen and oxygen atoms in total. The fourth-order valence-electron chi connectivity index (χ4n) is 1.14. The minimum absolute atomic E-state index is 0.0776. The zero-order chi connectivity index (χ0) is 12.8. The van der Waals surface area contributed by atoms with Crippen molar-refractivity contribution in [3.63, 3.8) is 0 Å². The van der Waals surface area contributed by atoms with Gasteiger partial charge in [0.25, 0.3) is 0 Å². The molecule has 0 saturated carbocycles. The van der Waals surface area contributed by atoms with Crippen LogP contribution in [0.4, 0.5) is 0 Å². The third kappa shape index (κ3) is 5.27. The maximum atomic E-state index is 11.5. The highest BCUT2D eigenvalue weighted by molar-refractivity contribution is 7.91. The van der Waals surface area contributed by atoms with Gasteiger partial charge in [-0.3, -0.25) is 0 Å². The van der Waals surface area contributed by atoms with Crippen molar-refractivity contribution in [2.45, 2.75) is 51.3 Å². The fraction of sp³-hybridized carbons (Fsp3) is 1.00. The topological polar surface area (TPSA) is 69.4 Å². The Morgan fingerprint density at radius 2 is 1.75 bits per heavy atom. The highest BCUT2D eigenvalue weighted by atomic mass is 32.2. The molecule has 0 amide bonds. The van der Waals surface area contributed by atoms with Crippen LogP contribution in [0.15, 0.2) is 0 Å². The monoisotopic (exact) mass is 251 g/mol. The average molecular weight is 251 g/mol. The van der Waals surface area contributed by atoms with Crippen LogP contribution < -0.4 is 5.73 Å². The first-order valence-corrected chi connectivity index (χ1v) is 7.57. The maximum Gasteiger partial charge on any atom is 0.154 e. The lowest BCUT2D eigenvalue weighted by molar-refractivity contribution is 0.0915. The third-order valence-corrected chi connectivity index (χ3v) is 5.20. The summed E-state index contributed by atoms with van der Waals surface area (Å²) in [6.45, 7) is 8.05. The predicted octanol–water partition coefficient (Wildman–Crippen LogP) is 1.34. The summed E-state index contributed by atoms with van der Waals surface area (Å²) in [7, 11) is -3.00. The first kappa shape index (κ1) is 15.9. The van der Waals surface area contributed by atoms with Crippen molar-refractivity contribution in [2.75, 3.05) is 19.0 Å². The van der Waals surface area contributed by atoms with Gasteiger partial charge in [0.1, 0.15) is 0 Å². The van der Waals surface area contributed by atoms with E-state index in [0.717, 1.165) is 12.8 Å². The molecule has 5 heteroatoms. The molecule has 0 unspecified atom stereocenters. The molecular formula is C11H25NO3S. The van der Waals surface area contributed by atoms with Gasteiger partial charge in [0, 0.05) is 5.54 Å². The van der Waals surface area contributed by atoms with Crippen LogP contribution in [0.3, 0.4) is 0 Å². The summed E-state index contributed by atoms with van der Waals surface area (Å²) in [6, 6.07) is 0. The van der Waals surface area contributed by atoms with Gasteiger partial charge in [-0.2, -0.15) is 0 Å². The standard InChI is InChI=1S/C11H25NO3S/c1-5-11(12,6-2)9-15-7-8-16(13,14)10(3)4/h10H,5-9,12H2,1-4H3. The van der Waals surface area contributed by atoms with E-state index in [9.17, 15) is 8.42 Å². The summed E-state index contributed by atoms with van der Waals surface area (Å²) >= 11 is 0. The van der Waals surface area contributed by atoms with Crippen LogP contribution >= 0.6 is 0 Å². The Labute approximate surface area is 99.5 Å². The van der Waals surface area contributed by atoms with Crippen LogP contribution in [0.25, 0.3) is 0 Å². The molecule has 0 fully saturated rings. The van der Waals surface area contributed by atoms with Gasteiger partial charge in [0.05, 0.1) is 24.2 Å². The van der Waals surface area contributed by atoms with Gasteiger partial charge in [-0.05, 0) is 26.7 Å². The molecule has 98 valence electrons. The summed E-state index contributed by atoms with van der Waals surface area (Å²) in [6.07, 6.45) is 1.67. The zero-order valence-corrected chi connectivity index (χ0v) is 11.6. The van der Waals surface area contributed by atoms with E-state index in [2.05, 4.69) is 0 Å². The van der Waals surface area contributed by atoms with Crippen LogP contribution in [0.2, 0.25) is 0 Å². The largest absolute Gasteiger partial charge is 0.378 e. The van der Waals surface area contributed by atoms with Gasteiger partial charge in [-0.25, -0.2) is 8.42 Å². The van der Waals surface area contributed by atoms with Gasteiger partial charge >= 0.3 is 0 Å². The van der Waals surface area contributed by atoms with Crippen molar-refractivity contribution in [2.24, 2.45) is 5.73 Å². The number of ether oxygens (including phenoxy) is 1. The second-order valence-corrected chi connectivity index (χ2v) is 7.21. The van der Waals surface area contributed by atoms with Crippen molar-refractivity contribution in [1.82, 2.24) is 0 Å². The van der Waals surface area contributed by atoms with Crippen molar-refractivity contribution >= 4 is 9.84 Å². The molecule has 0 aromatic heterocycles. The Hall–Kier alpha value is -0.130. The summed E-state index contributed by atoms with van der Waals surface area (Å²) in [5.41, 5.74) is 5.71. The van der Waals surface area contributed by atoms with Crippen LogP contribution in [-0.2, 0) is 14.6 Å². The molecule has 0 aromatic carbocycles. The Bertz CT molecular complexity index is 282. The van der Waals surface area contributed by atoms with E-state index in [0.29, 0.717) is 6.61 Å². The van der Waals surface area contributed by atoms with Gasteiger partial charge < -0.3 is 10.5 Å². The molecule has 0 heterocycles. The molecule has 0 rings (SSSR count). The number of rotatable bonds is 8. The second kappa shape index (κ2) is 6.57. The Morgan fingerprint density at radius 3 is 2.12 bits per heavy atom. The Kier molecular flexibility index (Phi) is 6.51. The van der Waals surface area contributed by atoms with Crippen LogP contribution in [0.1, 0.15) is 40.5 Å². The van der Waals surface area contributed by atoms with E-state index in [1.54, 1.807) is 13.8 Å². The lowest BCUT2D eigenvalue weighted by Gasteiger charge is -2.26. The summed E-state index contributed by atoms with van der Waals surface area (Å²) in [5.74, 6) is 0.0776. The highest BCUT2D eigenvalue weighted by Gasteiger charge is 2.21. The number of sulfone groups is 1. The predicted molar refractivity (Wildman–Crippen MR) is 67.2 cm³/mol. The summed E-state index contributed by atoms with van der Waals surface area (Å²) in [5, 5.41) is -0.337. The van der Waals surface area contributed by atoms with Crippen molar-refractivity contribution in [3.8, 4) is 0 Å². The number of hydrogen-bond acceptors (Lipinski definition) is 4. The summed E-state index contributed by atoms with van der Waals surface area (Å²) in [4.78, 5) is 0. The van der Waals surface area contributed by atoms with Crippen molar-refractivity contribution < 1.29 is 13.2 Å². The molecular weight excluding hydrogens is 226 g/mol.